The number of rotatable bonds is 6. The van der Waals surface area contributed by atoms with Crippen molar-refractivity contribution in [3.8, 4) is 0 Å². The van der Waals surface area contributed by atoms with Gasteiger partial charge >= 0.3 is 0 Å². The van der Waals surface area contributed by atoms with E-state index in [1.807, 2.05) is 70.4 Å². The molecule has 0 unspecified atom stereocenters. The molecule has 1 aliphatic carbocycles. The Morgan fingerprint density at radius 3 is 2.74 bits per heavy atom. The molecule has 1 N–H and O–H groups in total. The second-order valence-electron chi connectivity index (χ2n) is 10.0. The highest BCUT2D eigenvalue weighted by Gasteiger charge is 2.29. The number of hydrogen-bond acceptors (Lipinski definition) is 5. The summed E-state index contributed by atoms with van der Waals surface area (Å²) in [6.45, 7) is 9.10. The van der Waals surface area contributed by atoms with E-state index in [2.05, 4.69) is 27.1 Å². The number of fused-ring (bicyclic) bond motifs is 2. The number of carbonyl (C=O) groups is 1. The van der Waals surface area contributed by atoms with Crippen molar-refractivity contribution in [2.45, 2.75) is 65.8 Å². The summed E-state index contributed by atoms with van der Waals surface area (Å²) in [5.41, 5.74) is 7.17. The highest BCUT2D eigenvalue weighted by atomic mass is 16.4. The van der Waals surface area contributed by atoms with Gasteiger partial charge in [0.2, 0.25) is 11.7 Å². The van der Waals surface area contributed by atoms with E-state index in [9.17, 15) is 4.79 Å². The van der Waals surface area contributed by atoms with Gasteiger partial charge in [0.25, 0.3) is 5.91 Å². The van der Waals surface area contributed by atoms with Gasteiger partial charge in [-0.05, 0) is 58.1 Å². The van der Waals surface area contributed by atoms with Crippen molar-refractivity contribution in [2.24, 2.45) is 0 Å². The number of aromatic amines is 1. The molecule has 7 nitrogen and oxygen atoms in total. The van der Waals surface area contributed by atoms with Crippen molar-refractivity contribution in [3.63, 3.8) is 0 Å². The Morgan fingerprint density at radius 2 is 2.00 bits per heavy atom. The number of amides is 1. The first-order chi connectivity index (χ1) is 19.0. The molecular weight excluding hydrogens is 488 g/mol. The Morgan fingerprint density at radius 1 is 1.18 bits per heavy atom. The molecule has 4 aromatic rings. The maximum Gasteiger partial charge on any atom is 0.291 e. The van der Waals surface area contributed by atoms with E-state index >= 15 is 0 Å². The fraction of sp³-hybridized carbons (Fsp3) is 0.344. The Labute approximate surface area is 229 Å². The number of oxazole rings is 1. The summed E-state index contributed by atoms with van der Waals surface area (Å²) < 4.78 is 11.4. The van der Waals surface area contributed by atoms with Crippen LogP contribution in [0.2, 0.25) is 0 Å². The van der Waals surface area contributed by atoms with E-state index in [0.717, 1.165) is 40.5 Å². The van der Waals surface area contributed by atoms with Gasteiger partial charge in [-0.25, -0.2) is 9.97 Å². The van der Waals surface area contributed by atoms with Crippen LogP contribution < -0.4 is 0 Å². The third-order valence-corrected chi connectivity index (χ3v) is 7.36. The van der Waals surface area contributed by atoms with Crippen LogP contribution in [-0.2, 0) is 19.4 Å². The second-order valence-corrected chi connectivity index (χ2v) is 10.0. The molecule has 1 aromatic carbocycles. The number of benzene rings is 1. The van der Waals surface area contributed by atoms with E-state index in [1.165, 1.54) is 23.8 Å². The topological polar surface area (TPSA) is 88.2 Å². The molecule has 1 fully saturated rings. The number of aromatic nitrogens is 3. The van der Waals surface area contributed by atoms with Crippen molar-refractivity contribution in [1.82, 2.24) is 19.9 Å². The predicted octanol–water partition coefficient (Wildman–Crippen LogP) is 7.39. The van der Waals surface area contributed by atoms with Crippen LogP contribution in [0.5, 0.6) is 0 Å². The predicted molar refractivity (Wildman–Crippen MR) is 153 cm³/mol. The van der Waals surface area contributed by atoms with Crippen LogP contribution >= 0.6 is 0 Å². The van der Waals surface area contributed by atoms with E-state index in [1.54, 1.807) is 11.2 Å². The number of nitrogens with zero attached hydrogens (tertiary/aromatic N) is 3. The quantitative estimate of drug-likeness (QED) is 0.266. The second kappa shape index (κ2) is 11.7. The number of aryl methyl sites for hydroxylation is 1. The molecule has 1 amide bonds. The molecule has 0 atom stereocenters. The Bertz CT molecular complexity index is 1540. The van der Waals surface area contributed by atoms with Gasteiger partial charge in [-0.15, -0.1) is 0 Å². The molecule has 0 saturated heterocycles. The summed E-state index contributed by atoms with van der Waals surface area (Å²) in [4.78, 5) is 26.8. The first-order valence-corrected chi connectivity index (χ1v) is 13.8. The summed E-state index contributed by atoms with van der Waals surface area (Å²) in [5, 5.41) is 1.31. The minimum absolute atomic E-state index is 0.116. The molecule has 6 rings (SSSR count). The lowest BCUT2D eigenvalue weighted by Crippen LogP contribution is -2.36. The monoisotopic (exact) mass is 524 g/mol. The lowest BCUT2D eigenvalue weighted by Gasteiger charge is -2.25. The minimum Gasteiger partial charge on any atom is -0.464 e. The zero-order valence-electron chi connectivity index (χ0n) is 23.2. The normalized spacial score (nSPS) is 15.9. The molecule has 1 saturated carbocycles. The number of H-pyrrole nitrogens is 1. The van der Waals surface area contributed by atoms with Crippen LogP contribution in [0.4, 0.5) is 0 Å². The van der Waals surface area contributed by atoms with Crippen LogP contribution in [0.25, 0.3) is 16.5 Å². The number of carbonyl (C=O) groups excluding carboxylic acids is 1. The summed E-state index contributed by atoms with van der Waals surface area (Å²) >= 11 is 0. The van der Waals surface area contributed by atoms with Crippen molar-refractivity contribution in [1.29, 1.82) is 0 Å². The van der Waals surface area contributed by atoms with Gasteiger partial charge in [0, 0.05) is 29.5 Å². The number of furan rings is 1. The highest BCUT2D eigenvalue weighted by Crippen LogP contribution is 2.43. The van der Waals surface area contributed by atoms with Crippen molar-refractivity contribution in [3.05, 3.63) is 101 Å². The Balaban J connectivity index is 0.000000210. The summed E-state index contributed by atoms with van der Waals surface area (Å²) in [6, 6.07) is 8.26. The van der Waals surface area contributed by atoms with E-state index in [0.29, 0.717) is 36.9 Å². The van der Waals surface area contributed by atoms with Gasteiger partial charge in [-0.3, -0.25) is 4.79 Å². The Kier molecular flexibility index (Phi) is 7.96. The summed E-state index contributed by atoms with van der Waals surface area (Å²) in [5.74, 6) is 1.49. The van der Waals surface area contributed by atoms with Gasteiger partial charge in [0.1, 0.15) is 5.58 Å². The smallest absolute Gasteiger partial charge is 0.291 e. The summed E-state index contributed by atoms with van der Waals surface area (Å²) in [7, 11) is 0. The van der Waals surface area contributed by atoms with Crippen LogP contribution in [0, 0.1) is 0 Å². The van der Waals surface area contributed by atoms with Crippen LogP contribution in [0.15, 0.2) is 75.6 Å². The van der Waals surface area contributed by atoms with Crippen LogP contribution in [0.3, 0.4) is 0 Å². The average molecular weight is 525 g/mol. The fourth-order valence-electron chi connectivity index (χ4n) is 4.73. The molecule has 0 spiro atoms. The van der Waals surface area contributed by atoms with Crippen molar-refractivity contribution >= 4 is 22.4 Å². The molecule has 0 radical (unpaired) electrons. The number of hydrogen-bond donors (Lipinski definition) is 1. The van der Waals surface area contributed by atoms with Crippen molar-refractivity contribution in [2.75, 3.05) is 6.54 Å². The largest absolute Gasteiger partial charge is 0.464 e. The lowest BCUT2D eigenvalue weighted by molar-refractivity contribution is 0.0697. The van der Waals surface area contributed by atoms with Gasteiger partial charge in [0.15, 0.2) is 0 Å². The summed E-state index contributed by atoms with van der Waals surface area (Å²) in [6.07, 6.45) is 15.6. The highest BCUT2D eigenvalue weighted by molar-refractivity contribution is 5.93. The molecule has 39 heavy (non-hydrogen) atoms. The standard InChI is InChI=1S/C21H26N4O2.C11H10O/c1-5-14(4)8-9-15(6-2)20-24-16(7-3)19(27-20)21(26)25-11-10-17-18(12-25)23-13-22-17;1-2-4-11-9(3-1)10(7-12-11)8-5-6-8/h5-6,8-9,13H,7,10-12H2,1-4H3,(H,22,23);1-4,7-8H,5-6H2/b9-8-,14-5-,15-6+;. The fourth-order valence-corrected chi connectivity index (χ4v) is 4.73. The zero-order chi connectivity index (χ0) is 27.4. The zero-order valence-corrected chi connectivity index (χ0v) is 23.2. The van der Waals surface area contributed by atoms with Crippen molar-refractivity contribution < 1.29 is 13.6 Å². The average Bonchev–Trinajstić information content (AvgIpc) is 3.37. The van der Waals surface area contributed by atoms with Crippen LogP contribution in [0.1, 0.15) is 85.5 Å². The molecule has 2 aliphatic rings. The SMILES string of the molecule is C\C=C(C)/C=C\C(=C/C)c1nc(CC)c(C(=O)N2CCc3nc[nH]c3C2)o1.c1ccc2c(C3CC3)coc2c1. The number of nitrogens with one attached hydrogen (secondary N) is 1. The van der Waals surface area contributed by atoms with Gasteiger partial charge in [0.05, 0.1) is 36.2 Å². The number of para-hydroxylation sites is 1. The minimum atomic E-state index is -0.116. The first-order valence-electron chi connectivity index (χ1n) is 13.8. The van der Waals surface area contributed by atoms with Gasteiger partial charge in [-0.1, -0.05) is 48.9 Å². The Hall–Kier alpha value is -4.13. The molecule has 7 heteroatoms. The van der Waals surface area contributed by atoms with Gasteiger partial charge in [-0.2, -0.15) is 0 Å². The van der Waals surface area contributed by atoms with E-state index in [-0.39, 0.29) is 5.91 Å². The molecule has 3 aromatic heterocycles. The van der Waals surface area contributed by atoms with E-state index in [4.69, 9.17) is 8.83 Å². The third-order valence-electron chi connectivity index (χ3n) is 7.36. The third kappa shape index (κ3) is 5.82. The molecule has 1 aliphatic heterocycles. The number of imidazole rings is 1. The van der Waals surface area contributed by atoms with Gasteiger partial charge < -0.3 is 18.7 Å². The maximum absolute atomic E-state index is 13.1. The number of allylic oxidation sites excluding steroid dienone is 6. The lowest BCUT2D eigenvalue weighted by atomic mass is 10.1. The maximum atomic E-state index is 13.1. The molecule has 4 heterocycles. The van der Waals surface area contributed by atoms with Crippen LogP contribution in [-0.4, -0.2) is 32.3 Å². The molecular formula is C32H36N4O3. The first kappa shape index (κ1) is 26.5. The molecule has 202 valence electrons. The van der Waals surface area contributed by atoms with E-state index < -0.39 is 0 Å². The molecule has 0 bridgehead atoms.